The monoisotopic (exact) mass is 465 g/mol. The van der Waals surface area contributed by atoms with Crippen LogP contribution in [0.1, 0.15) is 19.4 Å². The molecule has 0 saturated carbocycles. The third-order valence-electron chi connectivity index (χ3n) is 5.86. The molecule has 12 nitrogen and oxygen atoms in total. The number of aliphatic hydroxyl groups is 2. The number of hydrogen-bond acceptors (Lipinski definition) is 10. The zero-order chi connectivity index (χ0) is 23.8. The lowest BCUT2D eigenvalue weighted by atomic mass is 10.2. The van der Waals surface area contributed by atoms with Crippen molar-refractivity contribution in [1.82, 2.24) is 34.5 Å². The van der Waals surface area contributed by atoms with Gasteiger partial charge in [-0.2, -0.15) is 10.2 Å². The van der Waals surface area contributed by atoms with Gasteiger partial charge in [-0.15, -0.1) is 0 Å². The SMILES string of the molecule is CC1CCOc2c(cnn2C)-c2nccc(n2)Nc2cc3c(cn2)c(N(C)CC(O)CO)nn31. The standard InChI is InChI=1S/C22H27N9O3/c1-13-5-7-34-22-16(10-25-30(22)3)20-23-6-4-18(27-20)26-19-8-17-15(9-24-19)21(28-31(13)17)29(2)11-14(33)12-32/h4,6,8-10,13-14,32-33H,5,7,11-12H2,1-3H3,(H,23,24,26,27). The second-order valence-electron chi connectivity index (χ2n) is 8.44. The van der Waals surface area contributed by atoms with Crippen LogP contribution < -0.4 is 15.0 Å². The predicted octanol–water partition coefficient (Wildman–Crippen LogP) is 1.50. The average molecular weight is 466 g/mol. The van der Waals surface area contributed by atoms with E-state index in [2.05, 4.69) is 32.3 Å². The predicted molar refractivity (Wildman–Crippen MR) is 126 cm³/mol. The molecule has 0 fully saturated rings. The number of aliphatic hydroxyl groups excluding tert-OH is 2. The van der Waals surface area contributed by atoms with Crippen molar-refractivity contribution in [2.45, 2.75) is 25.5 Å². The highest BCUT2D eigenvalue weighted by Gasteiger charge is 2.22. The van der Waals surface area contributed by atoms with Gasteiger partial charge in [-0.1, -0.05) is 0 Å². The molecule has 2 atom stereocenters. The number of nitrogens with zero attached hydrogens (tertiary/aromatic N) is 8. The molecule has 0 aliphatic carbocycles. The van der Waals surface area contributed by atoms with Gasteiger partial charge in [0.15, 0.2) is 11.6 Å². The molecule has 4 bridgehead atoms. The highest BCUT2D eigenvalue weighted by Crippen LogP contribution is 2.32. The lowest BCUT2D eigenvalue weighted by Gasteiger charge is -2.19. The number of likely N-dealkylation sites (N-methyl/N-ethyl adjacent to an activating group) is 1. The highest BCUT2D eigenvalue weighted by atomic mass is 16.5. The van der Waals surface area contributed by atoms with Crippen molar-refractivity contribution in [2.75, 3.05) is 37.0 Å². The molecular weight excluding hydrogens is 438 g/mol. The van der Waals surface area contributed by atoms with Gasteiger partial charge in [-0.3, -0.25) is 4.68 Å². The summed E-state index contributed by atoms with van der Waals surface area (Å²) in [6.45, 7) is 2.45. The summed E-state index contributed by atoms with van der Waals surface area (Å²) in [5.74, 6) is 3.00. The minimum Gasteiger partial charge on any atom is -0.477 e. The highest BCUT2D eigenvalue weighted by molar-refractivity contribution is 5.91. The van der Waals surface area contributed by atoms with Crippen molar-refractivity contribution in [1.29, 1.82) is 0 Å². The second-order valence-corrected chi connectivity index (χ2v) is 8.44. The first kappa shape index (κ1) is 22.0. The average Bonchev–Trinajstić information content (AvgIpc) is 3.39. The van der Waals surface area contributed by atoms with E-state index in [4.69, 9.17) is 9.84 Å². The Bertz CT molecular complexity index is 1320. The molecule has 2 unspecified atom stereocenters. The minimum absolute atomic E-state index is 0.0105. The Morgan fingerprint density at radius 1 is 1.29 bits per heavy atom. The lowest BCUT2D eigenvalue weighted by Crippen LogP contribution is -2.31. The van der Waals surface area contributed by atoms with Crippen molar-refractivity contribution in [3.8, 4) is 17.3 Å². The van der Waals surface area contributed by atoms with Crippen molar-refractivity contribution in [3.05, 3.63) is 30.7 Å². The Kier molecular flexibility index (Phi) is 5.75. The summed E-state index contributed by atoms with van der Waals surface area (Å²) in [4.78, 5) is 15.4. The quantitative estimate of drug-likeness (QED) is 0.406. The summed E-state index contributed by atoms with van der Waals surface area (Å²) in [6, 6.07) is 3.71. The largest absolute Gasteiger partial charge is 0.477 e. The van der Waals surface area contributed by atoms with Gasteiger partial charge in [0.25, 0.3) is 0 Å². The second kappa shape index (κ2) is 8.88. The molecule has 0 amide bonds. The van der Waals surface area contributed by atoms with E-state index in [-0.39, 0.29) is 19.2 Å². The third kappa shape index (κ3) is 4.01. The van der Waals surface area contributed by atoms with Crippen LogP contribution in [-0.2, 0) is 7.05 Å². The minimum atomic E-state index is -0.869. The van der Waals surface area contributed by atoms with Crippen LogP contribution in [0.25, 0.3) is 22.3 Å². The summed E-state index contributed by atoms with van der Waals surface area (Å²) in [5, 5.41) is 32.5. The summed E-state index contributed by atoms with van der Waals surface area (Å²) in [7, 11) is 3.65. The zero-order valence-electron chi connectivity index (χ0n) is 19.3. The summed E-state index contributed by atoms with van der Waals surface area (Å²) < 4.78 is 9.74. The summed E-state index contributed by atoms with van der Waals surface area (Å²) >= 11 is 0. The van der Waals surface area contributed by atoms with Crippen molar-refractivity contribution >= 4 is 28.4 Å². The van der Waals surface area contributed by atoms with E-state index >= 15 is 0 Å². The molecule has 4 aromatic heterocycles. The molecule has 5 rings (SSSR count). The summed E-state index contributed by atoms with van der Waals surface area (Å²) in [5.41, 5.74) is 1.60. The van der Waals surface area contributed by atoms with Crippen LogP contribution in [0.15, 0.2) is 30.7 Å². The van der Waals surface area contributed by atoms with Crippen molar-refractivity contribution < 1.29 is 14.9 Å². The number of nitrogens with one attached hydrogen (secondary N) is 1. The summed E-state index contributed by atoms with van der Waals surface area (Å²) in [6.07, 6.45) is 4.96. The Morgan fingerprint density at radius 3 is 2.97 bits per heavy atom. The van der Waals surface area contributed by atoms with E-state index in [9.17, 15) is 10.2 Å². The first-order chi connectivity index (χ1) is 16.4. The normalized spacial score (nSPS) is 16.4. The Hall–Kier alpha value is -3.77. The molecule has 1 aliphatic rings. The number of rotatable bonds is 4. The van der Waals surface area contributed by atoms with E-state index in [0.717, 1.165) is 10.9 Å². The van der Waals surface area contributed by atoms with Gasteiger partial charge in [0.1, 0.15) is 17.2 Å². The third-order valence-corrected chi connectivity index (χ3v) is 5.86. The molecule has 0 aromatic carbocycles. The fourth-order valence-electron chi connectivity index (χ4n) is 4.05. The van der Waals surface area contributed by atoms with Crippen molar-refractivity contribution in [2.24, 2.45) is 7.05 Å². The number of anilines is 3. The number of pyridine rings is 1. The fourth-order valence-corrected chi connectivity index (χ4v) is 4.05. The number of aromatic nitrogens is 7. The Labute approximate surface area is 195 Å². The molecule has 0 radical (unpaired) electrons. The topological polar surface area (TPSA) is 139 Å². The van der Waals surface area contributed by atoms with Crippen LogP contribution in [0.2, 0.25) is 0 Å². The van der Waals surface area contributed by atoms with E-state index < -0.39 is 6.10 Å². The first-order valence-electron chi connectivity index (χ1n) is 11.1. The van der Waals surface area contributed by atoms with E-state index in [0.29, 0.717) is 47.7 Å². The van der Waals surface area contributed by atoms with Crippen molar-refractivity contribution in [3.63, 3.8) is 0 Å². The zero-order valence-corrected chi connectivity index (χ0v) is 19.3. The molecule has 12 heteroatoms. The van der Waals surface area contributed by atoms with Gasteiger partial charge < -0.3 is 25.2 Å². The van der Waals surface area contributed by atoms with E-state index in [1.165, 1.54) is 0 Å². The molecule has 0 spiro atoms. The maximum absolute atomic E-state index is 9.93. The van der Waals surface area contributed by atoms with Gasteiger partial charge in [0.2, 0.25) is 5.88 Å². The van der Waals surface area contributed by atoms with Gasteiger partial charge >= 0.3 is 0 Å². The first-order valence-corrected chi connectivity index (χ1v) is 11.1. The maximum atomic E-state index is 9.93. The Balaban J connectivity index is 1.60. The molecule has 4 aromatic rings. The number of fused-ring (bicyclic) bond motifs is 5. The van der Waals surface area contributed by atoms with E-state index in [1.54, 1.807) is 29.3 Å². The van der Waals surface area contributed by atoms with Crippen LogP contribution in [0.4, 0.5) is 17.5 Å². The number of aryl methyl sites for hydroxylation is 1. The molecule has 178 valence electrons. The number of hydrogen-bond donors (Lipinski definition) is 3. The van der Waals surface area contributed by atoms with Gasteiger partial charge in [-0.25, -0.2) is 19.6 Å². The van der Waals surface area contributed by atoms with E-state index in [1.807, 2.05) is 29.7 Å². The van der Waals surface area contributed by atoms with Gasteiger partial charge in [-0.05, 0) is 13.0 Å². The fraction of sp³-hybridized carbons (Fsp3) is 0.409. The molecular formula is C22H27N9O3. The molecule has 1 aliphatic heterocycles. The molecule has 0 saturated heterocycles. The van der Waals surface area contributed by atoms with Crippen LogP contribution in [0, 0.1) is 0 Å². The van der Waals surface area contributed by atoms with Crippen LogP contribution in [-0.4, -0.2) is 77.6 Å². The lowest BCUT2D eigenvalue weighted by molar-refractivity contribution is 0.101. The van der Waals surface area contributed by atoms with Crippen LogP contribution in [0.5, 0.6) is 5.88 Å². The molecule has 34 heavy (non-hydrogen) atoms. The molecule has 5 heterocycles. The Morgan fingerprint density at radius 2 is 2.15 bits per heavy atom. The number of ether oxygens (including phenoxy) is 1. The van der Waals surface area contributed by atoms with Gasteiger partial charge in [0.05, 0.1) is 42.5 Å². The smallest absolute Gasteiger partial charge is 0.222 e. The maximum Gasteiger partial charge on any atom is 0.222 e. The van der Waals surface area contributed by atoms with Gasteiger partial charge in [0, 0.05) is 45.5 Å². The molecule has 3 N–H and O–H groups in total. The van der Waals surface area contributed by atoms with Crippen LogP contribution >= 0.6 is 0 Å². The van der Waals surface area contributed by atoms with Crippen LogP contribution in [0.3, 0.4) is 0 Å².